The molecule has 0 aliphatic carbocycles. The van der Waals surface area contributed by atoms with Gasteiger partial charge in [-0.15, -0.1) is 0 Å². The second-order valence-electron chi connectivity index (χ2n) is 5.01. The van der Waals surface area contributed by atoms with Crippen molar-refractivity contribution in [1.29, 1.82) is 0 Å². The van der Waals surface area contributed by atoms with Crippen LogP contribution in [-0.2, 0) is 6.54 Å². The van der Waals surface area contributed by atoms with Crippen molar-refractivity contribution in [1.82, 2.24) is 15.1 Å². The number of benzene rings is 1. The number of unbranched alkanes of at least 4 members (excludes halogenated alkanes) is 1. The number of para-hydroxylation sites is 1. The smallest absolute Gasteiger partial charge is 0.0766 e. The molecule has 0 aliphatic heterocycles. The molecule has 1 aromatic carbocycles. The highest BCUT2D eigenvalue weighted by Gasteiger charge is 2.04. The fourth-order valence-corrected chi connectivity index (χ4v) is 2.07. The Kier molecular flexibility index (Phi) is 5.16. The molecule has 3 nitrogen and oxygen atoms in total. The van der Waals surface area contributed by atoms with Crippen molar-refractivity contribution in [2.24, 2.45) is 0 Å². The molecule has 0 spiro atoms. The second kappa shape index (κ2) is 7.10. The first kappa shape index (κ1) is 13.8. The van der Waals surface area contributed by atoms with Crippen LogP contribution >= 0.6 is 0 Å². The minimum absolute atomic E-state index is 0.557. The van der Waals surface area contributed by atoms with Crippen molar-refractivity contribution < 1.29 is 0 Å². The molecule has 0 saturated heterocycles. The van der Waals surface area contributed by atoms with E-state index in [-0.39, 0.29) is 0 Å². The molecular formula is C16H23N3. The Morgan fingerprint density at radius 1 is 1.21 bits per heavy atom. The van der Waals surface area contributed by atoms with E-state index in [2.05, 4.69) is 42.5 Å². The summed E-state index contributed by atoms with van der Waals surface area (Å²) in [7, 11) is 0. The number of hydrogen-bond donors (Lipinski definition) is 1. The lowest BCUT2D eigenvalue weighted by Crippen LogP contribution is -2.25. The van der Waals surface area contributed by atoms with Crippen molar-refractivity contribution in [3.63, 3.8) is 0 Å². The predicted molar refractivity (Wildman–Crippen MR) is 79.4 cm³/mol. The molecule has 1 unspecified atom stereocenters. The highest BCUT2D eigenvalue weighted by atomic mass is 15.3. The second-order valence-corrected chi connectivity index (χ2v) is 5.01. The van der Waals surface area contributed by atoms with Gasteiger partial charge in [-0.2, -0.15) is 5.10 Å². The summed E-state index contributed by atoms with van der Waals surface area (Å²) in [5.74, 6) is 0. The maximum Gasteiger partial charge on any atom is 0.0766 e. The van der Waals surface area contributed by atoms with E-state index < -0.39 is 0 Å². The van der Waals surface area contributed by atoms with Crippen LogP contribution in [0, 0.1) is 0 Å². The zero-order chi connectivity index (χ0) is 13.5. The molecule has 1 aromatic heterocycles. The highest BCUT2D eigenvalue weighted by Crippen LogP contribution is 2.07. The summed E-state index contributed by atoms with van der Waals surface area (Å²) in [5.41, 5.74) is 2.19. The number of hydrogen-bond acceptors (Lipinski definition) is 2. The van der Waals surface area contributed by atoms with Crippen LogP contribution in [0.3, 0.4) is 0 Å². The summed E-state index contributed by atoms with van der Waals surface area (Å²) >= 11 is 0. The van der Waals surface area contributed by atoms with Gasteiger partial charge in [-0.3, -0.25) is 0 Å². The van der Waals surface area contributed by atoms with E-state index in [1.165, 1.54) is 19.3 Å². The number of rotatable bonds is 7. The van der Waals surface area contributed by atoms with Crippen LogP contribution in [0.5, 0.6) is 0 Å². The normalized spacial score (nSPS) is 12.5. The molecule has 19 heavy (non-hydrogen) atoms. The van der Waals surface area contributed by atoms with E-state index in [9.17, 15) is 0 Å². The Bertz CT molecular complexity index is 476. The van der Waals surface area contributed by atoms with Crippen LogP contribution in [0.2, 0.25) is 0 Å². The van der Waals surface area contributed by atoms with Crippen LogP contribution in [0.1, 0.15) is 38.8 Å². The van der Waals surface area contributed by atoms with Gasteiger partial charge >= 0.3 is 0 Å². The predicted octanol–water partition coefficient (Wildman–Crippen LogP) is 3.54. The molecule has 1 heterocycles. The lowest BCUT2D eigenvalue weighted by molar-refractivity contribution is 0.490. The van der Waals surface area contributed by atoms with Crippen LogP contribution < -0.4 is 5.32 Å². The first-order valence-corrected chi connectivity index (χ1v) is 7.13. The van der Waals surface area contributed by atoms with Crippen molar-refractivity contribution >= 4 is 0 Å². The quantitative estimate of drug-likeness (QED) is 0.822. The van der Waals surface area contributed by atoms with E-state index in [0.29, 0.717) is 6.04 Å². The van der Waals surface area contributed by atoms with E-state index in [1.54, 1.807) is 0 Å². The molecule has 1 atom stereocenters. The number of nitrogens with zero attached hydrogens (tertiary/aromatic N) is 2. The van der Waals surface area contributed by atoms with Gasteiger partial charge in [0.15, 0.2) is 0 Å². The molecule has 0 aliphatic rings. The van der Waals surface area contributed by atoms with Gasteiger partial charge in [0.1, 0.15) is 0 Å². The first-order chi connectivity index (χ1) is 9.29. The summed E-state index contributed by atoms with van der Waals surface area (Å²) in [6.45, 7) is 5.31. The fraction of sp³-hybridized carbons (Fsp3) is 0.438. The Labute approximate surface area is 115 Å². The van der Waals surface area contributed by atoms with Crippen molar-refractivity contribution in [2.75, 3.05) is 0 Å². The van der Waals surface area contributed by atoms with E-state index in [1.807, 2.05) is 29.1 Å². The van der Waals surface area contributed by atoms with Crippen LogP contribution in [0.15, 0.2) is 42.6 Å². The van der Waals surface area contributed by atoms with Gasteiger partial charge in [0.05, 0.1) is 11.4 Å². The van der Waals surface area contributed by atoms with Gasteiger partial charge in [0.25, 0.3) is 0 Å². The van der Waals surface area contributed by atoms with Gasteiger partial charge in [-0.25, -0.2) is 4.68 Å². The molecule has 0 saturated carbocycles. The maximum atomic E-state index is 4.59. The van der Waals surface area contributed by atoms with Crippen molar-refractivity contribution in [2.45, 2.75) is 45.7 Å². The highest BCUT2D eigenvalue weighted by molar-refractivity contribution is 5.30. The minimum atomic E-state index is 0.557. The lowest BCUT2D eigenvalue weighted by Gasteiger charge is -2.11. The first-order valence-electron chi connectivity index (χ1n) is 7.13. The largest absolute Gasteiger partial charge is 0.309 e. The Balaban J connectivity index is 1.88. The molecule has 2 aromatic rings. The van der Waals surface area contributed by atoms with E-state index in [0.717, 1.165) is 17.9 Å². The summed E-state index contributed by atoms with van der Waals surface area (Å²) < 4.78 is 1.92. The molecular weight excluding hydrogens is 234 g/mol. The Hall–Kier alpha value is -1.61. The topological polar surface area (TPSA) is 29.9 Å². The average Bonchev–Trinajstić information content (AvgIpc) is 2.93. The molecule has 0 amide bonds. The van der Waals surface area contributed by atoms with Crippen LogP contribution in [-0.4, -0.2) is 15.8 Å². The third kappa shape index (κ3) is 4.21. The SMILES string of the molecule is CCCCC(C)NCc1ccn(-c2ccccc2)n1. The van der Waals surface area contributed by atoms with Gasteiger partial charge in [-0.05, 0) is 31.5 Å². The molecule has 0 fully saturated rings. The summed E-state index contributed by atoms with van der Waals surface area (Å²) in [4.78, 5) is 0. The average molecular weight is 257 g/mol. The van der Waals surface area contributed by atoms with Gasteiger partial charge in [-0.1, -0.05) is 38.0 Å². The van der Waals surface area contributed by atoms with E-state index in [4.69, 9.17) is 0 Å². The molecule has 0 radical (unpaired) electrons. The Morgan fingerprint density at radius 3 is 2.74 bits per heavy atom. The molecule has 0 bridgehead atoms. The zero-order valence-corrected chi connectivity index (χ0v) is 11.8. The summed E-state index contributed by atoms with van der Waals surface area (Å²) in [6, 6.07) is 12.8. The van der Waals surface area contributed by atoms with Gasteiger partial charge in [0.2, 0.25) is 0 Å². The molecule has 2 rings (SSSR count). The number of nitrogens with one attached hydrogen (secondary N) is 1. The van der Waals surface area contributed by atoms with Crippen LogP contribution in [0.4, 0.5) is 0 Å². The van der Waals surface area contributed by atoms with Gasteiger partial charge < -0.3 is 5.32 Å². The number of aromatic nitrogens is 2. The molecule has 102 valence electrons. The third-order valence-electron chi connectivity index (χ3n) is 3.29. The maximum absolute atomic E-state index is 4.59. The minimum Gasteiger partial charge on any atom is -0.309 e. The Morgan fingerprint density at radius 2 is 2.00 bits per heavy atom. The van der Waals surface area contributed by atoms with Crippen molar-refractivity contribution in [3.8, 4) is 5.69 Å². The fourth-order valence-electron chi connectivity index (χ4n) is 2.07. The summed E-state index contributed by atoms with van der Waals surface area (Å²) in [6.07, 6.45) is 5.79. The van der Waals surface area contributed by atoms with Gasteiger partial charge in [0, 0.05) is 18.8 Å². The monoisotopic (exact) mass is 257 g/mol. The van der Waals surface area contributed by atoms with Crippen LogP contribution in [0.25, 0.3) is 5.69 Å². The van der Waals surface area contributed by atoms with E-state index >= 15 is 0 Å². The molecule has 1 N–H and O–H groups in total. The zero-order valence-electron chi connectivity index (χ0n) is 11.8. The summed E-state index contributed by atoms with van der Waals surface area (Å²) in [5, 5.41) is 8.11. The van der Waals surface area contributed by atoms with Crippen molar-refractivity contribution in [3.05, 3.63) is 48.3 Å². The molecule has 3 heteroatoms. The lowest BCUT2D eigenvalue weighted by atomic mass is 10.1. The third-order valence-corrected chi connectivity index (χ3v) is 3.29. The standard InChI is InChI=1S/C16H23N3/c1-3-4-8-14(2)17-13-15-11-12-19(18-15)16-9-6-5-7-10-16/h5-7,9-12,14,17H,3-4,8,13H2,1-2H3.